The molecular formula is C20H25N5O3. The molecule has 3 aromatic heterocycles. The van der Waals surface area contributed by atoms with Gasteiger partial charge in [-0.15, -0.1) is 0 Å². The second kappa shape index (κ2) is 7.63. The van der Waals surface area contributed by atoms with Gasteiger partial charge in [0.2, 0.25) is 0 Å². The third-order valence-electron chi connectivity index (χ3n) is 5.03. The topological polar surface area (TPSA) is 98.9 Å². The monoisotopic (exact) mass is 383 g/mol. The van der Waals surface area contributed by atoms with E-state index in [0.29, 0.717) is 17.5 Å². The number of nitrogens with two attached hydrogens (primary N) is 1. The quantitative estimate of drug-likeness (QED) is 0.676. The average molecular weight is 383 g/mol. The van der Waals surface area contributed by atoms with Crippen LogP contribution in [0.15, 0.2) is 28.7 Å². The maximum absolute atomic E-state index is 10.9. The van der Waals surface area contributed by atoms with E-state index >= 15 is 0 Å². The molecule has 0 amide bonds. The molecule has 28 heavy (non-hydrogen) atoms. The lowest BCUT2D eigenvalue weighted by molar-refractivity contribution is -0.142. The number of aromatic nitrogens is 3. The van der Waals surface area contributed by atoms with Gasteiger partial charge in [-0.25, -0.2) is 4.98 Å². The number of esters is 1. The minimum atomic E-state index is -0.311. The summed E-state index contributed by atoms with van der Waals surface area (Å²) >= 11 is 0. The minimum absolute atomic E-state index is 0.173. The van der Waals surface area contributed by atoms with Crippen LogP contribution in [0.25, 0.3) is 5.65 Å². The Kier molecular flexibility index (Phi) is 5.04. The molecule has 1 aliphatic heterocycles. The summed E-state index contributed by atoms with van der Waals surface area (Å²) in [4.78, 5) is 18.1. The number of piperidine rings is 1. The molecular weight excluding hydrogens is 358 g/mol. The van der Waals surface area contributed by atoms with E-state index < -0.39 is 0 Å². The molecule has 148 valence electrons. The van der Waals surface area contributed by atoms with Gasteiger partial charge in [0.05, 0.1) is 17.9 Å². The molecule has 3 aromatic rings. The molecule has 4 rings (SSSR count). The first kappa shape index (κ1) is 18.5. The fourth-order valence-electron chi connectivity index (χ4n) is 3.76. The van der Waals surface area contributed by atoms with E-state index in [0.717, 1.165) is 55.3 Å². The number of nitrogen functional groups attached to an aromatic ring is 1. The molecule has 1 atom stereocenters. The Labute approximate surface area is 163 Å². The Morgan fingerprint density at radius 3 is 3.00 bits per heavy atom. The van der Waals surface area contributed by atoms with Crippen molar-refractivity contribution in [3.63, 3.8) is 0 Å². The van der Waals surface area contributed by atoms with Crippen LogP contribution in [-0.2, 0) is 22.7 Å². The molecule has 1 fully saturated rings. The fourth-order valence-corrected chi connectivity index (χ4v) is 3.76. The second-order valence-electron chi connectivity index (χ2n) is 7.38. The molecule has 2 N–H and O–H groups in total. The molecule has 1 aliphatic rings. The maximum Gasteiger partial charge on any atom is 0.303 e. The third-order valence-corrected chi connectivity index (χ3v) is 5.03. The average Bonchev–Trinajstić information content (AvgIpc) is 3.26. The normalized spacial score (nSPS) is 17.9. The lowest BCUT2D eigenvalue weighted by Gasteiger charge is -2.31. The molecule has 0 spiro atoms. The van der Waals surface area contributed by atoms with Crippen molar-refractivity contribution in [2.24, 2.45) is 0 Å². The molecule has 8 heteroatoms. The predicted molar refractivity (Wildman–Crippen MR) is 104 cm³/mol. The highest BCUT2D eigenvalue weighted by Crippen LogP contribution is 2.28. The highest BCUT2D eigenvalue weighted by Gasteiger charge is 2.24. The number of hydrogen-bond donors (Lipinski definition) is 1. The summed E-state index contributed by atoms with van der Waals surface area (Å²) < 4.78 is 12.5. The Hall–Kier alpha value is -2.87. The first-order valence-corrected chi connectivity index (χ1v) is 9.54. The van der Waals surface area contributed by atoms with E-state index in [1.807, 2.05) is 31.2 Å². The van der Waals surface area contributed by atoms with Crippen LogP contribution >= 0.6 is 0 Å². The Morgan fingerprint density at radius 1 is 1.36 bits per heavy atom. The van der Waals surface area contributed by atoms with Crippen molar-refractivity contribution < 1.29 is 13.9 Å². The van der Waals surface area contributed by atoms with Gasteiger partial charge in [-0.2, -0.15) is 9.61 Å². The molecule has 1 saturated heterocycles. The van der Waals surface area contributed by atoms with Crippen molar-refractivity contribution in [2.45, 2.75) is 45.8 Å². The van der Waals surface area contributed by atoms with Gasteiger partial charge >= 0.3 is 5.97 Å². The number of carbonyl (C=O) groups excluding carboxylic acids is 1. The van der Waals surface area contributed by atoms with Crippen molar-refractivity contribution in [2.75, 3.05) is 18.8 Å². The van der Waals surface area contributed by atoms with Crippen molar-refractivity contribution in [3.8, 4) is 0 Å². The summed E-state index contributed by atoms with van der Waals surface area (Å²) in [6.45, 7) is 6.14. The lowest BCUT2D eigenvalue weighted by Crippen LogP contribution is -2.34. The van der Waals surface area contributed by atoms with E-state index in [1.165, 1.54) is 6.92 Å². The first-order chi connectivity index (χ1) is 13.5. The summed E-state index contributed by atoms with van der Waals surface area (Å²) in [5, 5.41) is 4.37. The molecule has 0 aromatic carbocycles. The van der Waals surface area contributed by atoms with E-state index in [-0.39, 0.29) is 12.6 Å². The van der Waals surface area contributed by atoms with Crippen molar-refractivity contribution in [1.82, 2.24) is 19.5 Å². The fraction of sp³-hybridized carbons (Fsp3) is 0.450. The largest absolute Gasteiger partial charge is 0.461 e. The second-order valence-corrected chi connectivity index (χ2v) is 7.38. The number of furan rings is 1. The molecule has 0 aliphatic carbocycles. The van der Waals surface area contributed by atoms with Crippen LogP contribution in [0.3, 0.4) is 0 Å². The van der Waals surface area contributed by atoms with Crippen LogP contribution in [0.4, 0.5) is 5.82 Å². The van der Waals surface area contributed by atoms with Crippen molar-refractivity contribution >= 4 is 17.4 Å². The predicted octanol–water partition coefficient (Wildman–Crippen LogP) is 2.66. The van der Waals surface area contributed by atoms with E-state index in [1.54, 1.807) is 4.52 Å². The van der Waals surface area contributed by atoms with E-state index in [9.17, 15) is 4.79 Å². The van der Waals surface area contributed by atoms with E-state index in [4.69, 9.17) is 19.9 Å². The smallest absolute Gasteiger partial charge is 0.303 e. The Morgan fingerprint density at radius 2 is 2.18 bits per heavy atom. The van der Waals surface area contributed by atoms with Gasteiger partial charge in [0.25, 0.3) is 0 Å². The van der Waals surface area contributed by atoms with Crippen LogP contribution in [-0.4, -0.2) is 38.6 Å². The summed E-state index contributed by atoms with van der Waals surface area (Å²) in [5.74, 6) is 2.17. The van der Waals surface area contributed by atoms with Crippen molar-refractivity contribution in [1.29, 1.82) is 0 Å². The lowest BCUT2D eigenvalue weighted by atomic mass is 9.94. The highest BCUT2D eigenvalue weighted by molar-refractivity contribution is 5.65. The number of anilines is 1. The number of likely N-dealkylation sites (tertiary alicyclic amines) is 1. The zero-order chi connectivity index (χ0) is 19.7. The van der Waals surface area contributed by atoms with Crippen molar-refractivity contribution in [3.05, 3.63) is 47.2 Å². The van der Waals surface area contributed by atoms with Crippen LogP contribution in [0.2, 0.25) is 0 Å². The number of hydrogen-bond acceptors (Lipinski definition) is 7. The molecule has 0 saturated carbocycles. The highest BCUT2D eigenvalue weighted by atomic mass is 16.5. The zero-order valence-electron chi connectivity index (χ0n) is 16.2. The number of nitrogens with zero attached hydrogens (tertiary/aromatic N) is 4. The van der Waals surface area contributed by atoms with Crippen LogP contribution < -0.4 is 5.73 Å². The van der Waals surface area contributed by atoms with Gasteiger partial charge in [-0.3, -0.25) is 9.69 Å². The summed E-state index contributed by atoms with van der Waals surface area (Å²) in [6, 6.07) is 7.70. The third kappa shape index (κ3) is 4.01. The molecule has 0 unspecified atom stereocenters. The van der Waals surface area contributed by atoms with Crippen LogP contribution in [0.5, 0.6) is 0 Å². The van der Waals surface area contributed by atoms with Gasteiger partial charge in [0.15, 0.2) is 5.65 Å². The van der Waals surface area contributed by atoms with Gasteiger partial charge in [0.1, 0.15) is 23.9 Å². The first-order valence-electron chi connectivity index (χ1n) is 9.54. The van der Waals surface area contributed by atoms with Gasteiger partial charge in [-0.05, 0) is 38.4 Å². The number of ether oxygens (including phenoxy) is 1. The summed E-state index contributed by atoms with van der Waals surface area (Å²) in [5.41, 5.74) is 8.91. The van der Waals surface area contributed by atoms with Gasteiger partial charge < -0.3 is 14.9 Å². The maximum atomic E-state index is 10.9. The number of aryl methyl sites for hydroxylation is 1. The number of fused-ring (bicyclic) bond motifs is 1. The minimum Gasteiger partial charge on any atom is -0.461 e. The number of carbonyl (C=O) groups is 1. The van der Waals surface area contributed by atoms with Gasteiger partial charge in [-0.1, -0.05) is 0 Å². The zero-order valence-corrected chi connectivity index (χ0v) is 16.2. The molecule has 8 nitrogen and oxygen atoms in total. The Bertz CT molecular complexity index is 993. The number of rotatable bonds is 5. The van der Waals surface area contributed by atoms with Gasteiger partial charge in [0, 0.05) is 31.5 Å². The Balaban J connectivity index is 1.44. The summed E-state index contributed by atoms with van der Waals surface area (Å²) in [6.07, 6.45) is 2.18. The summed E-state index contributed by atoms with van der Waals surface area (Å²) in [7, 11) is 0. The molecule has 4 heterocycles. The van der Waals surface area contributed by atoms with Crippen LogP contribution in [0.1, 0.15) is 48.6 Å². The molecule has 0 radical (unpaired) electrons. The SMILES string of the molecule is CC(=O)OCc1ccc(CN2CCC[C@@H](c3cc(N)n4nc(C)cc4n3)C2)o1. The molecule has 0 bridgehead atoms. The standard InChI is InChI=1S/C20H25N5O3/c1-13-8-20-22-18(9-19(21)25(20)23-13)15-4-3-7-24(10-15)11-16-5-6-17(28-16)12-27-14(2)26/h5-6,8-9,15H,3-4,7,10-12,21H2,1-2H3/t15-/m1/s1. The van der Waals surface area contributed by atoms with Crippen LogP contribution in [0, 0.1) is 6.92 Å². The van der Waals surface area contributed by atoms with E-state index in [2.05, 4.69) is 10.00 Å².